The van der Waals surface area contributed by atoms with Crippen LogP contribution >= 0.6 is 0 Å². The Labute approximate surface area is 122 Å². The third kappa shape index (κ3) is 2.86. The molecular weight excluding hydrogens is 267 g/mol. The first kappa shape index (κ1) is 13.5. The Morgan fingerprint density at radius 1 is 1.19 bits per heavy atom. The minimum atomic E-state index is -0.331. The summed E-state index contributed by atoms with van der Waals surface area (Å²) in [6, 6.07) is 11.5. The Hall–Kier alpha value is -2.43. The zero-order valence-corrected chi connectivity index (χ0v) is 12.0. The number of halogens is 1. The maximum absolute atomic E-state index is 13.1. The highest BCUT2D eigenvalue weighted by Gasteiger charge is 2.09. The molecule has 0 aliphatic rings. The van der Waals surface area contributed by atoms with E-state index in [0.29, 0.717) is 11.6 Å². The molecule has 0 aliphatic carbocycles. The lowest BCUT2D eigenvalue weighted by molar-refractivity contribution is 0.614. The molecule has 2 heterocycles. The van der Waals surface area contributed by atoms with E-state index in [1.165, 1.54) is 22.3 Å². The summed E-state index contributed by atoms with van der Waals surface area (Å²) < 4.78 is 14.6. The third-order valence-electron chi connectivity index (χ3n) is 3.53. The van der Waals surface area contributed by atoms with Gasteiger partial charge < -0.3 is 5.32 Å². The lowest BCUT2D eigenvalue weighted by Crippen LogP contribution is -2.08. The quantitative estimate of drug-likeness (QED) is 0.796. The molecule has 21 heavy (non-hydrogen) atoms. The number of hydrogen-bond donors (Lipinski definition) is 1. The van der Waals surface area contributed by atoms with Crippen molar-refractivity contribution >= 4 is 11.6 Å². The van der Waals surface area contributed by atoms with Gasteiger partial charge in [0, 0.05) is 0 Å². The van der Waals surface area contributed by atoms with E-state index in [2.05, 4.69) is 46.6 Å². The van der Waals surface area contributed by atoms with Gasteiger partial charge in [0.05, 0.1) is 12.2 Å². The molecule has 3 aromatic rings. The van der Waals surface area contributed by atoms with Crippen molar-refractivity contribution in [3.63, 3.8) is 0 Å². The summed E-state index contributed by atoms with van der Waals surface area (Å²) in [5.41, 5.74) is 3.09. The molecule has 1 atom stereocenters. The van der Waals surface area contributed by atoms with Gasteiger partial charge in [-0.25, -0.2) is 8.91 Å². The van der Waals surface area contributed by atoms with E-state index in [-0.39, 0.29) is 11.9 Å². The molecule has 5 heteroatoms. The number of nitrogens with one attached hydrogen (secondary N) is 1. The van der Waals surface area contributed by atoms with Gasteiger partial charge in [-0.1, -0.05) is 31.2 Å². The fourth-order valence-corrected chi connectivity index (χ4v) is 2.24. The van der Waals surface area contributed by atoms with Crippen LogP contribution in [0.1, 0.15) is 31.0 Å². The summed E-state index contributed by atoms with van der Waals surface area (Å²) in [6.45, 7) is 4.18. The van der Waals surface area contributed by atoms with Crippen LogP contribution in [0.3, 0.4) is 0 Å². The van der Waals surface area contributed by atoms with Crippen molar-refractivity contribution in [2.45, 2.75) is 26.3 Å². The Morgan fingerprint density at radius 2 is 1.95 bits per heavy atom. The smallest absolute Gasteiger partial charge is 0.243 e. The average Bonchev–Trinajstić information content (AvgIpc) is 2.88. The highest BCUT2D eigenvalue weighted by atomic mass is 19.1. The standard InChI is InChI=1S/C16H17FN4/c1-3-12-4-6-13(7-5-12)11(2)18-16-19-15-9-8-14(17)10-21(15)20-16/h4-11H,3H2,1-2H3,(H,18,20). The van der Waals surface area contributed by atoms with E-state index in [9.17, 15) is 4.39 Å². The summed E-state index contributed by atoms with van der Waals surface area (Å²) in [5, 5.41) is 7.47. The van der Waals surface area contributed by atoms with Crippen LogP contribution in [0.4, 0.5) is 10.3 Å². The van der Waals surface area contributed by atoms with E-state index >= 15 is 0 Å². The minimum absolute atomic E-state index is 0.0816. The number of pyridine rings is 1. The normalized spacial score (nSPS) is 12.5. The number of fused-ring (bicyclic) bond motifs is 1. The topological polar surface area (TPSA) is 42.2 Å². The Balaban J connectivity index is 1.79. The van der Waals surface area contributed by atoms with Crippen molar-refractivity contribution < 1.29 is 4.39 Å². The van der Waals surface area contributed by atoms with Crippen LogP contribution < -0.4 is 5.32 Å². The fourth-order valence-electron chi connectivity index (χ4n) is 2.24. The van der Waals surface area contributed by atoms with Gasteiger partial charge in [-0.2, -0.15) is 4.98 Å². The molecule has 0 saturated carbocycles. The van der Waals surface area contributed by atoms with Gasteiger partial charge in [0.2, 0.25) is 5.95 Å². The van der Waals surface area contributed by atoms with Crippen molar-refractivity contribution in [1.29, 1.82) is 0 Å². The lowest BCUT2D eigenvalue weighted by atomic mass is 10.1. The summed E-state index contributed by atoms with van der Waals surface area (Å²) in [7, 11) is 0. The largest absolute Gasteiger partial charge is 0.346 e. The van der Waals surface area contributed by atoms with E-state index in [4.69, 9.17) is 0 Å². The lowest BCUT2D eigenvalue weighted by Gasteiger charge is -2.13. The molecule has 0 aliphatic heterocycles. The number of nitrogens with zero attached hydrogens (tertiary/aromatic N) is 3. The van der Waals surface area contributed by atoms with Crippen molar-refractivity contribution in [2.75, 3.05) is 5.32 Å². The number of rotatable bonds is 4. The first-order chi connectivity index (χ1) is 10.2. The number of benzene rings is 1. The first-order valence-electron chi connectivity index (χ1n) is 7.03. The fraction of sp³-hybridized carbons (Fsp3) is 0.250. The van der Waals surface area contributed by atoms with Crippen molar-refractivity contribution in [3.8, 4) is 0 Å². The summed E-state index contributed by atoms with van der Waals surface area (Å²) in [4.78, 5) is 4.33. The molecule has 2 aromatic heterocycles. The van der Waals surface area contributed by atoms with Gasteiger partial charge in [0.25, 0.3) is 0 Å². The molecule has 4 nitrogen and oxygen atoms in total. The van der Waals surface area contributed by atoms with Crippen LogP contribution in [0.25, 0.3) is 5.65 Å². The molecule has 108 valence electrons. The van der Waals surface area contributed by atoms with Crippen LogP contribution in [-0.2, 0) is 6.42 Å². The number of hydrogen-bond acceptors (Lipinski definition) is 3. The SMILES string of the molecule is CCc1ccc(C(C)Nc2nc3ccc(F)cn3n2)cc1. The maximum atomic E-state index is 13.1. The maximum Gasteiger partial charge on any atom is 0.243 e. The van der Waals surface area contributed by atoms with Crippen LogP contribution in [-0.4, -0.2) is 14.6 Å². The monoisotopic (exact) mass is 284 g/mol. The molecular formula is C16H17FN4. The average molecular weight is 284 g/mol. The molecule has 1 unspecified atom stereocenters. The van der Waals surface area contributed by atoms with Gasteiger partial charge in [0.15, 0.2) is 5.65 Å². The molecule has 1 aromatic carbocycles. The van der Waals surface area contributed by atoms with Gasteiger partial charge in [-0.3, -0.25) is 0 Å². The van der Waals surface area contributed by atoms with Crippen molar-refractivity contribution in [3.05, 3.63) is 59.5 Å². The zero-order chi connectivity index (χ0) is 14.8. The highest BCUT2D eigenvalue weighted by Crippen LogP contribution is 2.18. The van der Waals surface area contributed by atoms with Crippen molar-refractivity contribution in [2.24, 2.45) is 0 Å². The number of anilines is 1. The van der Waals surface area contributed by atoms with E-state index < -0.39 is 0 Å². The Bertz CT molecular complexity index is 749. The zero-order valence-electron chi connectivity index (χ0n) is 12.0. The van der Waals surface area contributed by atoms with Crippen LogP contribution in [0, 0.1) is 5.82 Å². The predicted molar refractivity (Wildman–Crippen MR) is 80.8 cm³/mol. The second-order valence-corrected chi connectivity index (χ2v) is 5.05. The van der Waals surface area contributed by atoms with E-state index in [1.54, 1.807) is 6.07 Å². The van der Waals surface area contributed by atoms with Gasteiger partial charge in [-0.05, 0) is 36.6 Å². The highest BCUT2D eigenvalue weighted by molar-refractivity contribution is 5.44. The summed E-state index contributed by atoms with van der Waals surface area (Å²) in [6.07, 6.45) is 2.34. The van der Waals surface area contributed by atoms with Crippen LogP contribution in [0.2, 0.25) is 0 Å². The van der Waals surface area contributed by atoms with Gasteiger partial charge in [-0.15, -0.1) is 5.10 Å². The molecule has 0 spiro atoms. The summed E-state index contributed by atoms with van der Waals surface area (Å²) in [5.74, 6) is 0.162. The molecule has 3 rings (SSSR count). The second-order valence-electron chi connectivity index (χ2n) is 5.05. The number of aromatic nitrogens is 3. The van der Waals surface area contributed by atoms with Crippen LogP contribution in [0.5, 0.6) is 0 Å². The van der Waals surface area contributed by atoms with Gasteiger partial charge >= 0.3 is 0 Å². The van der Waals surface area contributed by atoms with Gasteiger partial charge in [0.1, 0.15) is 5.82 Å². The van der Waals surface area contributed by atoms with Crippen LogP contribution in [0.15, 0.2) is 42.6 Å². The predicted octanol–water partition coefficient (Wildman–Crippen LogP) is 3.60. The molecule has 0 radical (unpaired) electrons. The third-order valence-corrected chi connectivity index (χ3v) is 3.53. The Morgan fingerprint density at radius 3 is 2.67 bits per heavy atom. The van der Waals surface area contributed by atoms with Crippen molar-refractivity contribution in [1.82, 2.24) is 14.6 Å². The molecule has 0 bridgehead atoms. The molecule has 1 N–H and O–H groups in total. The Kier molecular flexibility index (Phi) is 3.56. The first-order valence-corrected chi connectivity index (χ1v) is 7.03. The number of aryl methyl sites for hydroxylation is 1. The second kappa shape index (κ2) is 5.52. The molecule has 0 amide bonds. The minimum Gasteiger partial charge on any atom is -0.346 e. The molecule has 0 fully saturated rings. The summed E-state index contributed by atoms with van der Waals surface area (Å²) >= 11 is 0. The van der Waals surface area contributed by atoms with E-state index in [1.807, 2.05) is 6.92 Å². The molecule has 0 saturated heterocycles. The van der Waals surface area contributed by atoms with E-state index in [0.717, 1.165) is 12.0 Å².